The molecule has 8 heteroatoms. The summed E-state index contributed by atoms with van der Waals surface area (Å²) < 4.78 is 12.7. The molecule has 2 aliphatic heterocycles. The highest BCUT2D eigenvalue weighted by Gasteiger charge is 2.32. The minimum Gasteiger partial charge on any atom is -0.350 e. The molecular formula is C16H19N5O3. The van der Waals surface area contributed by atoms with Gasteiger partial charge in [-0.1, -0.05) is 12.1 Å². The van der Waals surface area contributed by atoms with E-state index in [0.717, 1.165) is 12.8 Å². The van der Waals surface area contributed by atoms with Crippen molar-refractivity contribution in [2.45, 2.75) is 19.1 Å². The number of carbonyl (C=O) groups excluding carboxylic acids is 1. The lowest BCUT2D eigenvalue weighted by atomic mass is 9.95. The van der Waals surface area contributed by atoms with Crippen molar-refractivity contribution in [2.24, 2.45) is 5.92 Å². The van der Waals surface area contributed by atoms with Crippen LogP contribution in [0.4, 0.5) is 0 Å². The number of rotatable bonds is 3. The molecule has 0 saturated carbocycles. The SMILES string of the molecule is O=C(c1ccccc1-n1cnnn1)N1CCC(C2OCCO2)CC1. The van der Waals surface area contributed by atoms with Crippen LogP contribution in [0.2, 0.25) is 0 Å². The molecule has 1 aromatic heterocycles. The highest BCUT2D eigenvalue weighted by atomic mass is 16.7. The van der Waals surface area contributed by atoms with Crippen molar-refractivity contribution >= 4 is 5.91 Å². The van der Waals surface area contributed by atoms with Crippen molar-refractivity contribution in [3.05, 3.63) is 36.2 Å². The molecule has 24 heavy (non-hydrogen) atoms. The number of aromatic nitrogens is 4. The maximum Gasteiger partial charge on any atom is 0.256 e. The summed E-state index contributed by atoms with van der Waals surface area (Å²) in [6.07, 6.45) is 3.18. The van der Waals surface area contributed by atoms with Crippen LogP contribution < -0.4 is 0 Å². The second-order valence-electron chi connectivity index (χ2n) is 6.01. The zero-order chi connectivity index (χ0) is 16.4. The Kier molecular flexibility index (Phi) is 4.22. The second-order valence-corrected chi connectivity index (χ2v) is 6.01. The molecule has 126 valence electrons. The summed E-state index contributed by atoms with van der Waals surface area (Å²) in [5.74, 6) is 0.374. The fraction of sp³-hybridized carbons (Fsp3) is 0.500. The van der Waals surface area contributed by atoms with E-state index < -0.39 is 0 Å². The molecule has 4 rings (SSSR count). The Morgan fingerprint density at radius 2 is 1.88 bits per heavy atom. The van der Waals surface area contributed by atoms with Crippen molar-refractivity contribution in [1.29, 1.82) is 0 Å². The van der Waals surface area contributed by atoms with Crippen LogP contribution in [0.15, 0.2) is 30.6 Å². The van der Waals surface area contributed by atoms with Gasteiger partial charge in [-0.2, -0.15) is 4.68 Å². The van der Waals surface area contributed by atoms with Crippen molar-refractivity contribution in [3.63, 3.8) is 0 Å². The fourth-order valence-corrected chi connectivity index (χ4v) is 3.32. The maximum absolute atomic E-state index is 12.9. The van der Waals surface area contributed by atoms with Gasteiger partial charge in [0, 0.05) is 19.0 Å². The van der Waals surface area contributed by atoms with E-state index in [2.05, 4.69) is 15.5 Å². The molecule has 0 unspecified atom stereocenters. The average molecular weight is 329 g/mol. The Morgan fingerprint density at radius 3 is 2.58 bits per heavy atom. The largest absolute Gasteiger partial charge is 0.350 e. The number of likely N-dealkylation sites (tertiary alicyclic amines) is 1. The first-order valence-electron chi connectivity index (χ1n) is 8.18. The molecule has 3 heterocycles. The molecule has 1 aromatic carbocycles. The zero-order valence-corrected chi connectivity index (χ0v) is 13.2. The molecule has 0 aliphatic carbocycles. The van der Waals surface area contributed by atoms with Gasteiger partial charge >= 0.3 is 0 Å². The Balaban J connectivity index is 1.47. The van der Waals surface area contributed by atoms with E-state index in [0.29, 0.717) is 43.5 Å². The Bertz CT molecular complexity index is 691. The normalized spacial score (nSPS) is 19.8. The molecule has 0 atom stereocenters. The number of hydrogen-bond acceptors (Lipinski definition) is 6. The zero-order valence-electron chi connectivity index (χ0n) is 13.2. The van der Waals surface area contributed by atoms with Crippen LogP contribution >= 0.6 is 0 Å². The number of hydrogen-bond donors (Lipinski definition) is 0. The van der Waals surface area contributed by atoms with Crippen molar-refractivity contribution in [3.8, 4) is 5.69 Å². The topological polar surface area (TPSA) is 82.4 Å². The molecule has 2 saturated heterocycles. The minimum absolute atomic E-state index is 0.00723. The highest BCUT2D eigenvalue weighted by molar-refractivity contribution is 5.97. The molecule has 1 amide bonds. The molecule has 2 aliphatic rings. The smallest absolute Gasteiger partial charge is 0.256 e. The molecule has 0 spiro atoms. The van der Waals surface area contributed by atoms with Gasteiger partial charge in [-0.15, -0.1) is 5.10 Å². The third kappa shape index (κ3) is 2.90. The standard InChI is InChI=1S/C16H19N5O3/c22-15(13-3-1-2-4-14(13)21-11-17-18-19-21)20-7-5-12(6-8-20)16-23-9-10-24-16/h1-4,11-12,16H,5-10H2. The van der Waals surface area contributed by atoms with Gasteiger partial charge in [0.2, 0.25) is 0 Å². The summed E-state index contributed by atoms with van der Waals surface area (Å²) >= 11 is 0. The number of carbonyl (C=O) groups is 1. The van der Waals surface area contributed by atoms with Crippen LogP contribution in [0.1, 0.15) is 23.2 Å². The number of benzene rings is 1. The number of piperidine rings is 1. The van der Waals surface area contributed by atoms with Gasteiger partial charge in [0.1, 0.15) is 6.33 Å². The molecule has 0 radical (unpaired) electrons. The Hall–Kier alpha value is -2.32. The summed E-state index contributed by atoms with van der Waals surface area (Å²) in [6.45, 7) is 2.75. The van der Waals surface area contributed by atoms with E-state index in [-0.39, 0.29) is 12.2 Å². The van der Waals surface area contributed by atoms with Gasteiger partial charge < -0.3 is 14.4 Å². The fourth-order valence-electron chi connectivity index (χ4n) is 3.32. The van der Waals surface area contributed by atoms with E-state index in [1.54, 1.807) is 0 Å². The van der Waals surface area contributed by atoms with Crippen LogP contribution in [0.5, 0.6) is 0 Å². The minimum atomic E-state index is -0.101. The quantitative estimate of drug-likeness (QED) is 0.832. The first-order chi connectivity index (χ1) is 11.8. The summed E-state index contributed by atoms with van der Waals surface area (Å²) in [7, 11) is 0. The van der Waals surface area contributed by atoms with Crippen LogP contribution in [0, 0.1) is 5.92 Å². The first-order valence-corrected chi connectivity index (χ1v) is 8.18. The molecule has 2 fully saturated rings. The van der Waals surface area contributed by atoms with E-state index in [1.807, 2.05) is 29.2 Å². The summed E-state index contributed by atoms with van der Waals surface area (Å²) in [4.78, 5) is 14.8. The van der Waals surface area contributed by atoms with Gasteiger partial charge in [-0.05, 0) is 35.4 Å². The average Bonchev–Trinajstić information content (AvgIpc) is 3.35. The van der Waals surface area contributed by atoms with Crippen molar-refractivity contribution in [2.75, 3.05) is 26.3 Å². The van der Waals surface area contributed by atoms with E-state index in [4.69, 9.17) is 9.47 Å². The van der Waals surface area contributed by atoms with Crippen molar-refractivity contribution < 1.29 is 14.3 Å². The number of tetrazole rings is 1. The number of amides is 1. The molecule has 0 N–H and O–H groups in total. The lowest BCUT2D eigenvalue weighted by Gasteiger charge is -2.34. The van der Waals surface area contributed by atoms with Gasteiger partial charge in [0.15, 0.2) is 6.29 Å². The Morgan fingerprint density at radius 1 is 1.12 bits per heavy atom. The van der Waals surface area contributed by atoms with Gasteiger partial charge in [0.25, 0.3) is 5.91 Å². The number of para-hydroxylation sites is 1. The van der Waals surface area contributed by atoms with Crippen LogP contribution in [0.25, 0.3) is 5.69 Å². The first kappa shape index (κ1) is 15.2. The predicted octanol–water partition coefficient (Wildman–Crippen LogP) is 0.887. The number of ether oxygens (including phenoxy) is 2. The third-order valence-corrected chi connectivity index (χ3v) is 4.59. The predicted molar refractivity (Wildman–Crippen MR) is 83.5 cm³/mol. The monoisotopic (exact) mass is 329 g/mol. The van der Waals surface area contributed by atoms with Crippen LogP contribution in [-0.2, 0) is 9.47 Å². The van der Waals surface area contributed by atoms with E-state index in [1.165, 1.54) is 11.0 Å². The second kappa shape index (κ2) is 6.66. The van der Waals surface area contributed by atoms with Crippen molar-refractivity contribution in [1.82, 2.24) is 25.1 Å². The molecule has 8 nitrogen and oxygen atoms in total. The van der Waals surface area contributed by atoms with Crippen LogP contribution in [-0.4, -0.2) is 63.6 Å². The lowest BCUT2D eigenvalue weighted by molar-refractivity contribution is -0.0956. The van der Waals surface area contributed by atoms with E-state index >= 15 is 0 Å². The van der Waals surface area contributed by atoms with Gasteiger partial charge in [-0.25, -0.2) is 0 Å². The highest BCUT2D eigenvalue weighted by Crippen LogP contribution is 2.27. The summed E-state index contributed by atoms with van der Waals surface area (Å²) in [5, 5.41) is 11.2. The van der Waals surface area contributed by atoms with Gasteiger partial charge in [0.05, 0.1) is 24.5 Å². The van der Waals surface area contributed by atoms with Gasteiger partial charge in [-0.3, -0.25) is 4.79 Å². The Labute approximate surface area is 139 Å². The molecular weight excluding hydrogens is 310 g/mol. The number of nitrogens with zero attached hydrogens (tertiary/aromatic N) is 5. The summed E-state index contributed by atoms with van der Waals surface area (Å²) in [5.41, 5.74) is 1.30. The third-order valence-electron chi connectivity index (χ3n) is 4.59. The maximum atomic E-state index is 12.9. The lowest BCUT2D eigenvalue weighted by Crippen LogP contribution is -2.41. The van der Waals surface area contributed by atoms with E-state index in [9.17, 15) is 4.79 Å². The molecule has 0 bridgehead atoms. The van der Waals surface area contributed by atoms with Crippen LogP contribution in [0.3, 0.4) is 0 Å². The summed E-state index contributed by atoms with van der Waals surface area (Å²) in [6, 6.07) is 7.38. The molecule has 2 aromatic rings.